The number of imidazole rings is 1. The van der Waals surface area contributed by atoms with E-state index in [0.717, 1.165) is 0 Å². The summed E-state index contributed by atoms with van der Waals surface area (Å²) in [5, 5.41) is 21.0. The Bertz CT molecular complexity index is 991. The zero-order valence-corrected chi connectivity index (χ0v) is 20.2. The van der Waals surface area contributed by atoms with Crippen LogP contribution in [0.2, 0.25) is 5.28 Å². The fourth-order valence-corrected chi connectivity index (χ4v) is 5.21. The summed E-state index contributed by atoms with van der Waals surface area (Å²) >= 11 is 5.94. The quantitative estimate of drug-likeness (QED) is 0.346. The van der Waals surface area contributed by atoms with Gasteiger partial charge in [0.2, 0.25) is 5.28 Å². The molecule has 0 bridgehead atoms. The number of phosphoric ester groups is 1. The van der Waals surface area contributed by atoms with Crippen LogP contribution in [-0.2, 0) is 22.9 Å². The van der Waals surface area contributed by atoms with E-state index in [2.05, 4.69) is 15.0 Å². The van der Waals surface area contributed by atoms with Crippen molar-refractivity contribution < 1.29 is 33.1 Å². The second-order valence-electron chi connectivity index (χ2n) is 8.39. The van der Waals surface area contributed by atoms with Gasteiger partial charge >= 0.3 is 7.82 Å². The molecule has 4 atom stereocenters. The van der Waals surface area contributed by atoms with E-state index in [-0.39, 0.29) is 23.4 Å². The lowest BCUT2D eigenvalue weighted by atomic mass is 9.83. The lowest BCUT2D eigenvalue weighted by Gasteiger charge is -2.31. The standard InChI is InChI=1S/C18H29ClN5O7P/c1-9(2)30-32(27,31-10(3)4)28-6-11-13(26)18(5,7-25)16(29-11)24-8-21-12-14(20)22-17(19)23-15(12)24/h8-11,13,16,25-26H,6-7H2,1-5H3,(H2,20,22,23)/t11-,13?,16-,18?/m1/s1. The summed E-state index contributed by atoms with van der Waals surface area (Å²) in [6.07, 6.45) is -2.51. The van der Waals surface area contributed by atoms with Gasteiger partial charge in [-0.05, 0) is 39.3 Å². The SMILES string of the molecule is CC(C)OP(=O)(OC[C@H]1O[C@@H](n2cnc3c(N)nc(Cl)nc32)C(C)(CO)C1O)OC(C)C. The minimum atomic E-state index is -3.92. The van der Waals surface area contributed by atoms with Gasteiger partial charge < -0.3 is 20.7 Å². The highest BCUT2D eigenvalue weighted by Crippen LogP contribution is 2.53. The van der Waals surface area contributed by atoms with Crippen LogP contribution in [0.4, 0.5) is 5.82 Å². The summed E-state index contributed by atoms with van der Waals surface area (Å²) in [6.45, 7) is 7.67. The molecule has 0 amide bonds. The molecule has 1 aliphatic rings. The minimum Gasteiger partial charge on any atom is -0.396 e. The lowest BCUT2D eigenvalue weighted by molar-refractivity contribution is -0.0616. The van der Waals surface area contributed by atoms with Crippen LogP contribution in [0.1, 0.15) is 40.8 Å². The summed E-state index contributed by atoms with van der Waals surface area (Å²) in [7, 11) is -3.92. The smallest absolute Gasteiger partial charge is 0.396 e. The van der Waals surface area contributed by atoms with Crippen LogP contribution in [0.15, 0.2) is 6.33 Å². The average molecular weight is 494 g/mol. The molecule has 0 spiro atoms. The maximum Gasteiger partial charge on any atom is 0.475 e. The number of halogens is 1. The molecule has 12 nitrogen and oxygen atoms in total. The number of aromatic nitrogens is 4. The number of phosphoric acid groups is 1. The zero-order valence-electron chi connectivity index (χ0n) is 18.5. The largest absolute Gasteiger partial charge is 0.475 e. The Labute approximate surface area is 190 Å². The van der Waals surface area contributed by atoms with Crippen molar-refractivity contribution in [3.05, 3.63) is 11.6 Å². The van der Waals surface area contributed by atoms with Gasteiger partial charge in [-0.3, -0.25) is 18.1 Å². The third-order valence-corrected chi connectivity index (χ3v) is 6.98. The molecule has 32 heavy (non-hydrogen) atoms. The third kappa shape index (κ3) is 4.92. The number of ether oxygens (including phenoxy) is 1. The normalized spacial score (nSPS) is 26.6. The minimum absolute atomic E-state index is 0.0838. The van der Waals surface area contributed by atoms with Gasteiger partial charge in [0.15, 0.2) is 11.5 Å². The van der Waals surface area contributed by atoms with E-state index >= 15 is 0 Å². The Morgan fingerprint density at radius 3 is 2.50 bits per heavy atom. The van der Waals surface area contributed by atoms with E-state index in [4.69, 9.17) is 35.6 Å². The molecule has 14 heteroatoms. The topological polar surface area (TPSA) is 164 Å². The van der Waals surface area contributed by atoms with Gasteiger partial charge in [-0.15, -0.1) is 0 Å². The molecule has 2 aromatic heterocycles. The first kappa shape index (κ1) is 25.3. The summed E-state index contributed by atoms with van der Waals surface area (Å²) in [4.78, 5) is 12.2. The zero-order chi connectivity index (χ0) is 23.8. The predicted molar refractivity (Wildman–Crippen MR) is 116 cm³/mol. The molecular formula is C18H29ClN5O7P. The molecule has 2 aromatic rings. The fraction of sp³-hybridized carbons (Fsp3) is 0.722. The van der Waals surface area contributed by atoms with Crippen molar-refractivity contribution in [2.24, 2.45) is 5.41 Å². The van der Waals surface area contributed by atoms with Crippen molar-refractivity contribution in [3.8, 4) is 0 Å². The highest BCUT2D eigenvalue weighted by atomic mass is 35.5. The molecule has 2 unspecified atom stereocenters. The number of rotatable bonds is 9. The average Bonchev–Trinajstić information content (AvgIpc) is 3.19. The van der Waals surface area contributed by atoms with Crippen LogP contribution in [0, 0.1) is 5.41 Å². The van der Waals surface area contributed by atoms with Gasteiger partial charge in [-0.25, -0.2) is 9.55 Å². The first-order chi connectivity index (χ1) is 14.9. The first-order valence-corrected chi connectivity index (χ1v) is 12.0. The van der Waals surface area contributed by atoms with Crippen molar-refractivity contribution in [3.63, 3.8) is 0 Å². The van der Waals surface area contributed by atoms with E-state index in [1.807, 2.05) is 0 Å². The Hall–Kier alpha value is -1.37. The Morgan fingerprint density at radius 1 is 1.31 bits per heavy atom. The molecule has 0 radical (unpaired) electrons. The summed E-state index contributed by atoms with van der Waals surface area (Å²) in [6, 6.07) is 0. The number of hydrogen-bond donors (Lipinski definition) is 3. The highest BCUT2D eigenvalue weighted by molar-refractivity contribution is 7.48. The van der Waals surface area contributed by atoms with Gasteiger partial charge in [0, 0.05) is 0 Å². The van der Waals surface area contributed by atoms with Crippen molar-refractivity contribution in [2.75, 3.05) is 18.9 Å². The van der Waals surface area contributed by atoms with Crippen molar-refractivity contribution in [2.45, 2.75) is 65.3 Å². The fourth-order valence-electron chi connectivity index (χ4n) is 3.50. The molecule has 180 valence electrons. The van der Waals surface area contributed by atoms with Crippen molar-refractivity contribution in [1.82, 2.24) is 19.5 Å². The van der Waals surface area contributed by atoms with Crippen LogP contribution in [-0.4, -0.2) is 67.4 Å². The van der Waals surface area contributed by atoms with Crippen LogP contribution in [0.3, 0.4) is 0 Å². The van der Waals surface area contributed by atoms with E-state index in [0.29, 0.717) is 5.52 Å². The maximum absolute atomic E-state index is 13.0. The van der Waals surface area contributed by atoms with Crippen molar-refractivity contribution >= 4 is 36.4 Å². The van der Waals surface area contributed by atoms with Crippen LogP contribution >= 0.6 is 19.4 Å². The van der Waals surface area contributed by atoms with Crippen molar-refractivity contribution in [1.29, 1.82) is 0 Å². The molecule has 3 rings (SSSR count). The molecule has 0 aliphatic carbocycles. The Morgan fingerprint density at radius 2 is 1.94 bits per heavy atom. The highest BCUT2D eigenvalue weighted by Gasteiger charge is 2.54. The summed E-state index contributed by atoms with van der Waals surface area (Å²) in [5.41, 5.74) is 5.26. The van der Waals surface area contributed by atoms with E-state index in [1.54, 1.807) is 34.6 Å². The number of nitrogens with two attached hydrogens (primary N) is 1. The Kier molecular flexibility index (Phi) is 7.48. The molecule has 0 aromatic carbocycles. The molecular weight excluding hydrogens is 465 g/mol. The van der Waals surface area contributed by atoms with E-state index in [9.17, 15) is 14.8 Å². The second kappa shape index (κ2) is 9.47. The number of aliphatic hydroxyl groups excluding tert-OH is 2. The Balaban J connectivity index is 1.88. The lowest BCUT2D eigenvalue weighted by Crippen LogP contribution is -2.41. The second-order valence-corrected chi connectivity index (χ2v) is 10.3. The maximum atomic E-state index is 13.0. The monoisotopic (exact) mass is 493 g/mol. The summed E-state index contributed by atoms with van der Waals surface area (Å²) in [5.74, 6) is 0.0838. The van der Waals surface area contributed by atoms with E-state index < -0.39 is 50.5 Å². The van der Waals surface area contributed by atoms with Crippen LogP contribution < -0.4 is 5.73 Å². The van der Waals surface area contributed by atoms with Gasteiger partial charge in [0.25, 0.3) is 0 Å². The number of nitrogens with zero attached hydrogens (tertiary/aromatic N) is 4. The number of aliphatic hydroxyl groups is 2. The number of nitrogen functional groups attached to an aromatic ring is 1. The third-order valence-electron chi connectivity index (χ3n) is 4.99. The van der Waals surface area contributed by atoms with Crippen LogP contribution in [0.25, 0.3) is 11.2 Å². The van der Waals surface area contributed by atoms with E-state index in [1.165, 1.54) is 10.9 Å². The first-order valence-electron chi connectivity index (χ1n) is 10.1. The molecule has 4 N–H and O–H groups in total. The van der Waals surface area contributed by atoms with Gasteiger partial charge in [-0.1, -0.05) is 6.92 Å². The number of fused-ring (bicyclic) bond motifs is 1. The predicted octanol–water partition coefficient (Wildman–Crippen LogP) is 2.29. The molecule has 1 aliphatic heterocycles. The van der Waals surface area contributed by atoms with Crippen LogP contribution in [0.5, 0.6) is 0 Å². The number of anilines is 1. The van der Waals surface area contributed by atoms with Gasteiger partial charge in [0.05, 0.1) is 43.3 Å². The van der Waals surface area contributed by atoms with Gasteiger partial charge in [0.1, 0.15) is 17.8 Å². The molecule has 1 saturated heterocycles. The molecule has 0 saturated carbocycles. The molecule has 3 heterocycles. The summed E-state index contributed by atoms with van der Waals surface area (Å²) < 4.78 is 36.7. The van der Waals surface area contributed by atoms with Gasteiger partial charge in [-0.2, -0.15) is 9.97 Å². The molecule has 1 fully saturated rings. The number of hydrogen-bond acceptors (Lipinski definition) is 11.